The van der Waals surface area contributed by atoms with Crippen molar-refractivity contribution < 1.29 is 0 Å². The second kappa shape index (κ2) is 4.98. The Kier molecular flexibility index (Phi) is 4.22. The first-order valence-electron chi connectivity index (χ1n) is 3.96. The summed E-state index contributed by atoms with van der Waals surface area (Å²) in [7, 11) is 0. The molecule has 3 heteroatoms. The molecular formula is C10H11ClIN. The molecule has 1 rings (SSSR count). The first-order chi connectivity index (χ1) is 6.15. The van der Waals surface area contributed by atoms with Crippen LogP contribution in [0.4, 0.5) is 0 Å². The number of hydrogen-bond donors (Lipinski definition) is 1. The Labute approximate surface area is 97.1 Å². The molecule has 0 unspecified atom stereocenters. The van der Waals surface area contributed by atoms with E-state index in [-0.39, 0.29) is 6.04 Å². The summed E-state index contributed by atoms with van der Waals surface area (Å²) in [5.41, 5.74) is 6.89. The summed E-state index contributed by atoms with van der Waals surface area (Å²) in [5.74, 6) is 0. The van der Waals surface area contributed by atoms with Gasteiger partial charge in [0.25, 0.3) is 0 Å². The lowest BCUT2D eigenvalue weighted by molar-refractivity contribution is 0.742. The summed E-state index contributed by atoms with van der Waals surface area (Å²) < 4.78 is 1.12. The number of benzene rings is 1. The van der Waals surface area contributed by atoms with Crippen molar-refractivity contribution >= 4 is 34.2 Å². The number of nitrogens with two attached hydrogens (primary N) is 1. The van der Waals surface area contributed by atoms with E-state index in [1.54, 1.807) is 6.08 Å². The standard InChI is InChI=1S/C10H11ClIN/c1-2-3-10(13)8-5-4-7(12)6-9(8)11/h2,4-6,10H,1,3,13H2/t10-/m1/s1. The van der Waals surface area contributed by atoms with E-state index in [0.29, 0.717) is 0 Å². The Morgan fingerprint density at radius 1 is 1.62 bits per heavy atom. The summed E-state index contributed by atoms with van der Waals surface area (Å²) in [6.45, 7) is 3.65. The largest absolute Gasteiger partial charge is 0.324 e. The first kappa shape index (κ1) is 11.0. The molecule has 0 saturated heterocycles. The van der Waals surface area contributed by atoms with Gasteiger partial charge in [0, 0.05) is 14.6 Å². The average Bonchev–Trinajstić information content (AvgIpc) is 2.04. The summed E-state index contributed by atoms with van der Waals surface area (Å²) >= 11 is 8.26. The van der Waals surface area contributed by atoms with Crippen LogP contribution in [0.25, 0.3) is 0 Å². The maximum atomic E-state index is 6.04. The quantitative estimate of drug-likeness (QED) is 0.671. The lowest BCUT2D eigenvalue weighted by Crippen LogP contribution is -2.09. The molecule has 0 heterocycles. The molecule has 0 radical (unpaired) electrons. The SMILES string of the molecule is C=CC[C@@H](N)c1ccc(I)cc1Cl. The smallest absolute Gasteiger partial charge is 0.0464 e. The highest BCUT2D eigenvalue weighted by atomic mass is 127. The lowest BCUT2D eigenvalue weighted by atomic mass is 10.1. The van der Waals surface area contributed by atoms with Crippen LogP contribution >= 0.6 is 34.2 Å². The van der Waals surface area contributed by atoms with E-state index < -0.39 is 0 Å². The van der Waals surface area contributed by atoms with E-state index in [4.69, 9.17) is 17.3 Å². The molecular weight excluding hydrogens is 296 g/mol. The van der Waals surface area contributed by atoms with Crippen molar-refractivity contribution in [3.8, 4) is 0 Å². The molecule has 0 aromatic heterocycles. The zero-order valence-electron chi connectivity index (χ0n) is 7.13. The summed E-state index contributed by atoms with van der Waals surface area (Å²) in [4.78, 5) is 0. The van der Waals surface area contributed by atoms with E-state index in [1.165, 1.54) is 0 Å². The molecule has 70 valence electrons. The third-order valence-electron chi connectivity index (χ3n) is 1.78. The zero-order valence-corrected chi connectivity index (χ0v) is 10.0. The predicted octanol–water partition coefficient (Wildman–Crippen LogP) is 3.52. The van der Waals surface area contributed by atoms with Crippen LogP contribution < -0.4 is 5.73 Å². The van der Waals surface area contributed by atoms with Crippen LogP contribution in [-0.2, 0) is 0 Å². The van der Waals surface area contributed by atoms with Gasteiger partial charge < -0.3 is 5.73 Å². The van der Waals surface area contributed by atoms with Gasteiger partial charge in [-0.25, -0.2) is 0 Å². The van der Waals surface area contributed by atoms with Gasteiger partial charge >= 0.3 is 0 Å². The highest BCUT2D eigenvalue weighted by Gasteiger charge is 2.08. The molecule has 0 saturated carbocycles. The van der Waals surface area contributed by atoms with Gasteiger partial charge in [0.2, 0.25) is 0 Å². The van der Waals surface area contributed by atoms with Crippen molar-refractivity contribution in [1.29, 1.82) is 0 Å². The molecule has 0 aliphatic heterocycles. The Hall–Kier alpha value is -0.0600. The number of hydrogen-bond acceptors (Lipinski definition) is 1. The van der Waals surface area contributed by atoms with Gasteiger partial charge in [-0.1, -0.05) is 23.7 Å². The van der Waals surface area contributed by atoms with Crippen LogP contribution in [0.2, 0.25) is 5.02 Å². The maximum absolute atomic E-state index is 6.04. The van der Waals surface area contributed by atoms with Gasteiger partial charge in [0.05, 0.1) is 0 Å². The monoisotopic (exact) mass is 307 g/mol. The van der Waals surface area contributed by atoms with E-state index in [9.17, 15) is 0 Å². The molecule has 0 aliphatic rings. The average molecular weight is 308 g/mol. The zero-order chi connectivity index (χ0) is 9.84. The van der Waals surface area contributed by atoms with Crippen LogP contribution in [0.1, 0.15) is 18.0 Å². The number of halogens is 2. The van der Waals surface area contributed by atoms with Crippen LogP contribution in [0, 0.1) is 3.57 Å². The molecule has 13 heavy (non-hydrogen) atoms. The predicted molar refractivity (Wildman–Crippen MR) is 65.9 cm³/mol. The second-order valence-corrected chi connectivity index (χ2v) is 4.45. The third kappa shape index (κ3) is 2.97. The van der Waals surface area contributed by atoms with Crippen molar-refractivity contribution in [1.82, 2.24) is 0 Å². The highest BCUT2D eigenvalue weighted by Crippen LogP contribution is 2.25. The Balaban J connectivity index is 2.94. The van der Waals surface area contributed by atoms with Gasteiger partial charge in [-0.15, -0.1) is 6.58 Å². The van der Waals surface area contributed by atoms with Gasteiger partial charge in [-0.2, -0.15) is 0 Å². The Bertz CT molecular complexity index is 312. The van der Waals surface area contributed by atoms with Gasteiger partial charge in [-0.3, -0.25) is 0 Å². The van der Waals surface area contributed by atoms with Crippen LogP contribution in [0.5, 0.6) is 0 Å². The van der Waals surface area contributed by atoms with E-state index in [2.05, 4.69) is 29.2 Å². The van der Waals surface area contributed by atoms with Crippen molar-refractivity contribution in [3.63, 3.8) is 0 Å². The summed E-state index contributed by atoms with van der Waals surface area (Å²) in [5, 5.41) is 0.737. The Morgan fingerprint density at radius 2 is 2.31 bits per heavy atom. The fourth-order valence-electron chi connectivity index (χ4n) is 1.11. The van der Waals surface area contributed by atoms with Crippen LogP contribution in [0.3, 0.4) is 0 Å². The van der Waals surface area contributed by atoms with Gasteiger partial charge in [0.15, 0.2) is 0 Å². The first-order valence-corrected chi connectivity index (χ1v) is 5.42. The second-order valence-electron chi connectivity index (χ2n) is 2.80. The molecule has 1 aromatic rings. The Morgan fingerprint density at radius 3 is 2.85 bits per heavy atom. The topological polar surface area (TPSA) is 26.0 Å². The molecule has 0 fully saturated rings. The minimum absolute atomic E-state index is 0.0398. The normalized spacial score (nSPS) is 12.5. The lowest BCUT2D eigenvalue weighted by Gasteiger charge is -2.11. The third-order valence-corrected chi connectivity index (χ3v) is 2.78. The van der Waals surface area contributed by atoms with Crippen molar-refractivity contribution in [3.05, 3.63) is 45.0 Å². The minimum atomic E-state index is -0.0398. The number of rotatable bonds is 3. The van der Waals surface area contributed by atoms with Gasteiger partial charge in [0.1, 0.15) is 0 Å². The minimum Gasteiger partial charge on any atom is -0.324 e. The summed E-state index contributed by atoms with van der Waals surface area (Å²) in [6, 6.07) is 5.85. The van der Waals surface area contributed by atoms with Crippen molar-refractivity contribution in [2.45, 2.75) is 12.5 Å². The summed E-state index contributed by atoms with van der Waals surface area (Å²) in [6.07, 6.45) is 2.55. The molecule has 0 bridgehead atoms. The van der Waals surface area contributed by atoms with E-state index in [1.807, 2.05) is 18.2 Å². The molecule has 1 atom stereocenters. The van der Waals surface area contributed by atoms with Gasteiger partial charge in [-0.05, 0) is 46.7 Å². The maximum Gasteiger partial charge on any atom is 0.0464 e. The highest BCUT2D eigenvalue weighted by molar-refractivity contribution is 14.1. The van der Waals surface area contributed by atoms with Crippen LogP contribution in [-0.4, -0.2) is 0 Å². The molecule has 0 aliphatic carbocycles. The van der Waals surface area contributed by atoms with Crippen LogP contribution in [0.15, 0.2) is 30.9 Å². The molecule has 1 aromatic carbocycles. The van der Waals surface area contributed by atoms with E-state index >= 15 is 0 Å². The molecule has 0 spiro atoms. The fourth-order valence-corrected chi connectivity index (χ4v) is 2.10. The molecule has 1 nitrogen and oxygen atoms in total. The fraction of sp³-hybridized carbons (Fsp3) is 0.200. The van der Waals surface area contributed by atoms with Crippen molar-refractivity contribution in [2.24, 2.45) is 5.73 Å². The van der Waals surface area contributed by atoms with E-state index in [0.717, 1.165) is 20.6 Å². The van der Waals surface area contributed by atoms with Crippen molar-refractivity contribution in [2.75, 3.05) is 0 Å². The molecule has 2 N–H and O–H groups in total. The molecule has 0 amide bonds.